The topological polar surface area (TPSA) is 13.0 Å². The Kier molecular flexibility index (Phi) is 10.8. The molecule has 0 atom stereocenters. The van der Waals surface area contributed by atoms with Crippen LogP contribution < -0.4 is 0 Å². The van der Waals surface area contributed by atoms with Gasteiger partial charge in [0.15, 0.2) is 0 Å². The second-order valence-electron chi connectivity index (χ2n) is 5.93. The van der Waals surface area contributed by atoms with Gasteiger partial charge in [0.1, 0.15) is 0 Å². The molecule has 4 nitrogen and oxygen atoms in total. The Hall–Kier alpha value is 0.830. The fraction of sp³-hybridized carbons (Fsp3) is 1.00. The summed E-state index contributed by atoms with van der Waals surface area (Å²) in [5.41, 5.74) is 0. The molecule has 2 aliphatic heterocycles. The summed E-state index contributed by atoms with van der Waals surface area (Å²) in [6.07, 6.45) is 0. The van der Waals surface area contributed by atoms with Crippen molar-refractivity contribution < 1.29 is 0 Å². The maximum Gasteiger partial charge on any atom is 0.0165 e. The van der Waals surface area contributed by atoms with Crippen LogP contribution in [0.4, 0.5) is 0 Å². The van der Waals surface area contributed by atoms with Gasteiger partial charge in [-0.3, -0.25) is 9.80 Å². The monoisotopic (exact) mass is 354 g/mol. The molecule has 21 heavy (non-hydrogen) atoms. The van der Waals surface area contributed by atoms with E-state index >= 15 is 0 Å². The van der Waals surface area contributed by atoms with Gasteiger partial charge in [-0.1, -0.05) is 21.6 Å². The first-order chi connectivity index (χ1) is 9.74. The van der Waals surface area contributed by atoms with Crippen molar-refractivity contribution in [2.75, 3.05) is 91.0 Å². The van der Waals surface area contributed by atoms with E-state index in [0.29, 0.717) is 0 Å². The molecule has 0 spiro atoms. The minimum Gasteiger partial charge on any atom is -0.304 e. The molecule has 0 bridgehead atoms. The number of halogens is 1. The molecule has 7 heteroatoms. The summed E-state index contributed by atoms with van der Waals surface area (Å²) in [6, 6.07) is 0. The molecule has 126 valence electrons. The van der Waals surface area contributed by atoms with Crippen molar-refractivity contribution in [3.05, 3.63) is 0 Å². The fourth-order valence-corrected chi connectivity index (χ4v) is 4.65. The maximum atomic E-state index is 2.61. The molecule has 0 aliphatic carbocycles. The van der Waals surface area contributed by atoms with E-state index in [4.69, 9.17) is 0 Å². The van der Waals surface area contributed by atoms with E-state index in [1.807, 2.05) is 0 Å². The minimum atomic E-state index is 0. The van der Waals surface area contributed by atoms with Crippen molar-refractivity contribution in [3.8, 4) is 0 Å². The summed E-state index contributed by atoms with van der Waals surface area (Å²) in [7, 11) is 8.57. The number of hydrogen-bond donors (Lipinski definition) is 0. The average molecular weight is 355 g/mol. The molecule has 0 N–H and O–H groups in total. The molecule has 0 amide bonds. The normalized spacial score (nSPS) is 23.1. The lowest BCUT2D eigenvalue weighted by molar-refractivity contribution is 0.161. The van der Waals surface area contributed by atoms with Gasteiger partial charge in [0.25, 0.3) is 0 Å². The van der Waals surface area contributed by atoms with Gasteiger partial charge in [0, 0.05) is 77.0 Å². The quantitative estimate of drug-likeness (QED) is 0.501. The first kappa shape index (κ1) is 19.9. The Morgan fingerprint density at radius 1 is 0.619 bits per heavy atom. The van der Waals surface area contributed by atoms with Gasteiger partial charge in [-0.25, -0.2) is 0 Å². The van der Waals surface area contributed by atoms with Crippen molar-refractivity contribution >= 4 is 34.0 Å². The lowest BCUT2D eigenvalue weighted by Crippen LogP contribution is -2.45. The maximum absolute atomic E-state index is 2.61. The molecule has 0 saturated carbocycles. The first-order valence-electron chi connectivity index (χ1n) is 7.80. The number of rotatable bonds is 7. The summed E-state index contributed by atoms with van der Waals surface area (Å²) >= 11 is 0. The molecular formula is C14H31ClN4S2. The highest BCUT2D eigenvalue weighted by Crippen LogP contribution is 2.21. The van der Waals surface area contributed by atoms with E-state index in [2.05, 4.69) is 55.3 Å². The highest BCUT2D eigenvalue weighted by Gasteiger charge is 2.14. The van der Waals surface area contributed by atoms with Gasteiger partial charge >= 0.3 is 0 Å². The third-order valence-corrected chi connectivity index (χ3v) is 6.62. The zero-order valence-corrected chi connectivity index (χ0v) is 15.9. The second kappa shape index (κ2) is 11.4. The summed E-state index contributed by atoms with van der Waals surface area (Å²) in [6.45, 7) is 12.5. The third kappa shape index (κ3) is 8.30. The van der Waals surface area contributed by atoms with E-state index in [-0.39, 0.29) is 12.4 Å². The van der Waals surface area contributed by atoms with Crippen LogP contribution in [0.1, 0.15) is 0 Å². The Morgan fingerprint density at radius 2 is 0.952 bits per heavy atom. The molecule has 2 aliphatic rings. The standard InChI is InChI=1S/C14H30N4S2.ClH/c1-15-3-7-17(8-4-15)11-13-19-20-14-12-18-9-5-16(2)6-10-18;/h3-14H2,1-2H3;1H. The summed E-state index contributed by atoms with van der Waals surface area (Å²) < 4.78 is 0. The smallest absolute Gasteiger partial charge is 0.0165 e. The van der Waals surface area contributed by atoms with E-state index in [1.165, 1.54) is 77.0 Å². The van der Waals surface area contributed by atoms with Gasteiger partial charge in [0.05, 0.1) is 0 Å². The van der Waals surface area contributed by atoms with E-state index in [0.717, 1.165) is 0 Å². The molecule has 0 aromatic rings. The molecular weight excluding hydrogens is 324 g/mol. The Balaban J connectivity index is 0.00000220. The van der Waals surface area contributed by atoms with E-state index in [9.17, 15) is 0 Å². The lowest BCUT2D eigenvalue weighted by atomic mass is 10.3. The zero-order valence-electron chi connectivity index (χ0n) is 13.5. The highest BCUT2D eigenvalue weighted by atomic mass is 35.5. The molecule has 0 aromatic carbocycles. The third-order valence-electron chi connectivity index (χ3n) is 4.26. The van der Waals surface area contributed by atoms with Crippen molar-refractivity contribution in [1.29, 1.82) is 0 Å². The first-order valence-corrected chi connectivity index (χ1v) is 10.3. The Morgan fingerprint density at radius 3 is 1.29 bits per heavy atom. The minimum absolute atomic E-state index is 0. The predicted octanol–water partition coefficient (Wildman–Crippen LogP) is 1.28. The molecule has 2 fully saturated rings. The van der Waals surface area contributed by atoms with Gasteiger partial charge in [-0.15, -0.1) is 12.4 Å². The van der Waals surface area contributed by atoms with Gasteiger partial charge in [0.2, 0.25) is 0 Å². The van der Waals surface area contributed by atoms with Crippen LogP contribution in [0.15, 0.2) is 0 Å². The van der Waals surface area contributed by atoms with Crippen LogP contribution in [-0.4, -0.2) is 111 Å². The van der Waals surface area contributed by atoms with E-state index in [1.54, 1.807) is 0 Å². The lowest BCUT2D eigenvalue weighted by Gasteiger charge is -2.32. The summed E-state index contributed by atoms with van der Waals surface area (Å²) in [5.74, 6) is 2.55. The Labute approximate surface area is 144 Å². The van der Waals surface area contributed by atoms with Gasteiger partial charge < -0.3 is 9.80 Å². The number of nitrogens with zero attached hydrogens (tertiary/aromatic N) is 4. The van der Waals surface area contributed by atoms with Gasteiger partial charge in [-0.05, 0) is 14.1 Å². The van der Waals surface area contributed by atoms with Crippen LogP contribution in [0.3, 0.4) is 0 Å². The van der Waals surface area contributed by atoms with Gasteiger partial charge in [-0.2, -0.15) is 0 Å². The highest BCUT2D eigenvalue weighted by molar-refractivity contribution is 8.76. The van der Waals surface area contributed by atoms with Crippen molar-refractivity contribution in [2.45, 2.75) is 0 Å². The SMILES string of the molecule is CN1CCN(CCSSCCN2CCN(C)CC2)CC1.Cl. The summed E-state index contributed by atoms with van der Waals surface area (Å²) in [4.78, 5) is 10.1. The van der Waals surface area contributed by atoms with E-state index < -0.39 is 0 Å². The molecule has 2 saturated heterocycles. The number of likely N-dealkylation sites (N-methyl/N-ethyl adjacent to an activating group) is 2. The largest absolute Gasteiger partial charge is 0.304 e. The predicted molar refractivity (Wildman–Crippen MR) is 100 cm³/mol. The second-order valence-corrected chi connectivity index (χ2v) is 8.64. The zero-order chi connectivity index (χ0) is 14.2. The molecule has 0 radical (unpaired) electrons. The van der Waals surface area contributed by atoms with Crippen LogP contribution in [0, 0.1) is 0 Å². The van der Waals surface area contributed by atoms with Crippen molar-refractivity contribution in [1.82, 2.24) is 19.6 Å². The fourth-order valence-electron chi connectivity index (χ4n) is 2.59. The number of hydrogen-bond acceptors (Lipinski definition) is 6. The van der Waals surface area contributed by atoms with Crippen molar-refractivity contribution in [2.24, 2.45) is 0 Å². The molecule has 0 unspecified atom stereocenters. The van der Waals surface area contributed by atoms with Crippen LogP contribution in [-0.2, 0) is 0 Å². The van der Waals surface area contributed by atoms with Crippen LogP contribution >= 0.6 is 34.0 Å². The molecule has 0 aromatic heterocycles. The summed E-state index contributed by atoms with van der Waals surface area (Å²) in [5, 5.41) is 0. The van der Waals surface area contributed by atoms with Crippen LogP contribution in [0.25, 0.3) is 0 Å². The Bertz CT molecular complexity index is 231. The average Bonchev–Trinajstić information content (AvgIpc) is 2.46. The van der Waals surface area contributed by atoms with Crippen LogP contribution in [0.5, 0.6) is 0 Å². The van der Waals surface area contributed by atoms with Crippen molar-refractivity contribution in [3.63, 3.8) is 0 Å². The molecule has 2 rings (SSSR count). The molecule has 2 heterocycles. The van der Waals surface area contributed by atoms with Crippen LogP contribution in [0.2, 0.25) is 0 Å². The number of piperazine rings is 2.